The van der Waals surface area contributed by atoms with E-state index >= 15 is 0 Å². The highest BCUT2D eigenvalue weighted by molar-refractivity contribution is 7.47. The zero-order valence-corrected chi connectivity index (χ0v) is 34.7. The number of hydrogen-bond donors (Lipinski definition) is 2. The van der Waals surface area contributed by atoms with Crippen LogP contribution in [0.1, 0.15) is 200 Å². The van der Waals surface area contributed by atoms with Crippen molar-refractivity contribution in [3.05, 3.63) is 36.6 Å². The van der Waals surface area contributed by atoms with Gasteiger partial charge < -0.3 is 20.1 Å². The fourth-order valence-corrected chi connectivity index (χ4v) is 6.70. The molecule has 3 N–H and O–H groups in total. The third-order valence-electron chi connectivity index (χ3n) is 9.12. The van der Waals surface area contributed by atoms with Crippen molar-refractivity contribution in [2.75, 3.05) is 26.4 Å². The predicted octanol–water partition coefficient (Wildman–Crippen LogP) is 13.0. The first-order chi connectivity index (χ1) is 25.4. The van der Waals surface area contributed by atoms with E-state index in [0.29, 0.717) is 0 Å². The molecule has 0 heterocycles. The first kappa shape index (κ1) is 50.6. The SMILES string of the molecule is CCCCC/C=C/C/C=C/CCCCCCCC(=O)O[C@H](CO/C=C/CCCCCCCCCCCCCCCCCC)COP(=O)(O)OCCN. The van der Waals surface area contributed by atoms with Gasteiger partial charge in [0.1, 0.15) is 6.61 Å². The van der Waals surface area contributed by atoms with E-state index in [0.717, 1.165) is 57.8 Å². The van der Waals surface area contributed by atoms with E-state index in [2.05, 4.69) is 38.2 Å². The summed E-state index contributed by atoms with van der Waals surface area (Å²) in [4.78, 5) is 22.4. The van der Waals surface area contributed by atoms with Crippen molar-refractivity contribution in [2.24, 2.45) is 5.73 Å². The molecule has 0 rings (SSSR count). The monoisotopic (exact) mass is 756 g/mol. The molecule has 0 aliphatic heterocycles. The van der Waals surface area contributed by atoms with Gasteiger partial charge in [0.05, 0.1) is 19.5 Å². The molecule has 52 heavy (non-hydrogen) atoms. The van der Waals surface area contributed by atoms with Crippen molar-refractivity contribution < 1.29 is 32.8 Å². The number of carbonyl (C=O) groups is 1. The van der Waals surface area contributed by atoms with Crippen LogP contribution in [0.3, 0.4) is 0 Å². The van der Waals surface area contributed by atoms with Gasteiger partial charge in [-0.25, -0.2) is 4.57 Å². The number of unbranched alkanes of at least 4 members (excludes halogenated alkanes) is 24. The Morgan fingerprint density at radius 3 is 1.56 bits per heavy atom. The second-order valence-corrected chi connectivity index (χ2v) is 15.7. The van der Waals surface area contributed by atoms with Crippen LogP contribution in [-0.2, 0) is 27.9 Å². The summed E-state index contributed by atoms with van der Waals surface area (Å²) < 4.78 is 33.2. The topological polar surface area (TPSA) is 117 Å². The highest BCUT2D eigenvalue weighted by Crippen LogP contribution is 2.43. The van der Waals surface area contributed by atoms with Crippen molar-refractivity contribution in [3.63, 3.8) is 0 Å². The Bertz CT molecular complexity index is 895. The summed E-state index contributed by atoms with van der Waals surface area (Å²) in [6.45, 7) is 4.21. The van der Waals surface area contributed by atoms with E-state index in [1.807, 2.05) is 6.08 Å². The summed E-state index contributed by atoms with van der Waals surface area (Å²) in [6, 6.07) is 0. The van der Waals surface area contributed by atoms with Crippen LogP contribution in [0.15, 0.2) is 36.6 Å². The van der Waals surface area contributed by atoms with Crippen LogP contribution in [0.4, 0.5) is 0 Å². The van der Waals surface area contributed by atoms with Gasteiger partial charge in [-0.2, -0.15) is 0 Å². The lowest BCUT2D eigenvalue weighted by Crippen LogP contribution is -2.27. The Labute approximate surface area is 320 Å². The minimum absolute atomic E-state index is 0.0280. The summed E-state index contributed by atoms with van der Waals surface area (Å²) in [5.74, 6) is -0.365. The van der Waals surface area contributed by atoms with Gasteiger partial charge in [-0.1, -0.05) is 167 Å². The molecule has 0 aromatic heterocycles. The maximum absolute atomic E-state index is 12.5. The summed E-state index contributed by atoms with van der Waals surface area (Å²) in [6.07, 6.45) is 46.8. The molecule has 8 nitrogen and oxygen atoms in total. The maximum Gasteiger partial charge on any atom is 0.472 e. The van der Waals surface area contributed by atoms with Gasteiger partial charge in [0.25, 0.3) is 0 Å². The number of phosphoric acid groups is 1. The quantitative estimate of drug-likeness (QED) is 0.0208. The summed E-state index contributed by atoms with van der Waals surface area (Å²) in [5.41, 5.74) is 5.36. The number of hydrogen-bond acceptors (Lipinski definition) is 7. The molecule has 0 aliphatic carbocycles. The molecule has 0 fully saturated rings. The molecular weight excluding hydrogens is 673 g/mol. The fourth-order valence-electron chi connectivity index (χ4n) is 5.93. The standard InChI is InChI=1S/C43H82NO7P/c1-3-5-7-9-11-13-15-17-19-20-21-23-25-27-29-31-33-35-38-48-40-42(41-50-52(46,47)49-39-37-44)51-43(45)36-34-32-30-28-26-24-22-18-16-14-12-10-8-6-4-2/h12,14,18,22,35,38,42H,3-11,13,15-17,19-21,23-34,36-37,39-41,44H2,1-2H3,(H,46,47)/b14-12+,22-18+,38-35+/t42-/m1/s1. The van der Waals surface area contributed by atoms with E-state index in [9.17, 15) is 14.3 Å². The molecule has 0 amide bonds. The highest BCUT2D eigenvalue weighted by atomic mass is 31.2. The van der Waals surface area contributed by atoms with Crippen LogP contribution in [0.5, 0.6) is 0 Å². The Morgan fingerprint density at radius 1 is 0.596 bits per heavy atom. The molecule has 1 unspecified atom stereocenters. The molecule has 0 spiro atoms. The summed E-state index contributed by atoms with van der Waals surface area (Å²) >= 11 is 0. The Balaban J connectivity index is 4.09. The largest absolute Gasteiger partial charge is 0.498 e. The Hall–Kier alpha value is -1.44. The minimum atomic E-state index is -4.29. The van der Waals surface area contributed by atoms with Crippen LogP contribution in [0, 0.1) is 0 Å². The van der Waals surface area contributed by atoms with Gasteiger partial charge in [0, 0.05) is 13.0 Å². The second-order valence-electron chi connectivity index (χ2n) is 14.3. The molecule has 306 valence electrons. The molecule has 0 aliphatic rings. The average molecular weight is 756 g/mol. The lowest BCUT2D eigenvalue weighted by atomic mass is 10.0. The van der Waals surface area contributed by atoms with Crippen molar-refractivity contribution in [1.29, 1.82) is 0 Å². The third kappa shape index (κ3) is 39.8. The number of rotatable bonds is 41. The number of nitrogens with two attached hydrogens (primary N) is 1. The van der Waals surface area contributed by atoms with Gasteiger partial charge in [0.2, 0.25) is 0 Å². The fraction of sp³-hybridized carbons (Fsp3) is 0.837. The van der Waals surface area contributed by atoms with E-state index in [-0.39, 0.29) is 38.8 Å². The van der Waals surface area contributed by atoms with Gasteiger partial charge >= 0.3 is 13.8 Å². The van der Waals surface area contributed by atoms with E-state index in [4.69, 9.17) is 24.3 Å². The first-order valence-corrected chi connectivity index (χ1v) is 23.0. The number of esters is 1. The van der Waals surface area contributed by atoms with Gasteiger partial charge in [-0.15, -0.1) is 0 Å². The van der Waals surface area contributed by atoms with Crippen LogP contribution in [0.25, 0.3) is 0 Å². The predicted molar refractivity (Wildman–Crippen MR) is 219 cm³/mol. The third-order valence-corrected chi connectivity index (χ3v) is 10.1. The lowest BCUT2D eigenvalue weighted by molar-refractivity contribution is -0.153. The zero-order valence-electron chi connectivity index (χ0n) is 33.8. The molecule has 2 atom stereocenters. The van der Waals surface area contributed by atoms with E-state index in [1.165, 1.54) is 122 Å². The molecule has 0 saturated carbocycles. The van der Waals surface area contributed by atoms with Crippen LogP contribution >= 0.6 is 7.82 Å². The zero-order chi connectivity index (χ0) is 38.1. The van der Waals surface area contributed by atoms with Crippen LogP contribution < -0.4 is 5.73 Å². The lowest BCUT2D eigenvalue weighted by Gasteiger charge is -2.19. The second kappa shape index (κ2) is 40.7. The minimum Gasteiger partial charge on any atom is -0.498 e. The molecule has 0 aromatic carbocycles. The molecule has 0 radical (unpaired) electrons. The van der Waals surface area contributed by atoms with Gasteiger partial charge in [-0.05, 0) is 57.4 Å². The normalized spacial score (nSPS) is 13.8. The molecule has 0 saturated heterocycles. The molecule has 0 aromatic rings. The van der Waals surface area contributed by atoms with E-state index < -0.39 is 13.9 Å². The smallest absolute Gasteiger partial charge is 0.472 e. The van der Waals surface area contributed by atoms with Gasteiger partial charge in [-0.3, -0.25) is 13.8 Å². The maximum atomic E-state index is 12.5. The first-order valence-electron chi connectivity index (χ1n) is 21.5. The molecule has 0 bridgehead atoms. The van der Waals surface area contributed by atoms with Crippen molar-refractivity contribution in [1.82, 2.24) is 0 Å². The number of phosphoric ester groups is 1. The van der Waals surface area contributed by atoms with Crippen LogP contribution in [-0.4, -0.2) is 43.3 Å². The number of carbonyl (C=O) groups excluding carboxylic acids is 1. The van der Waals surface area contributed by atoms with Crippen molar-refractivity contribution in [2.45, 2.75) is 206 Å². The number of ether oxygens (including phenoxy) is 2. The van der Waals surface area contributed by atoms with E-state index in [1.54, 1.807) is 6.26 Å². The van der Waals surface area contributed by atoms with Crippen molar-refractivity contribution in [3.8, 4) is 0 Å². The highest BCUT2D eigenvalue weighted by Gasteiger charge is 2.25. The Kier molecular flexibility index (Phi) is 39.6. The van der Waals surface area contributed by atoms with Gasteiger partial charge in [0.15, 0.2) is 6.10 Å². The number of allylic oxidation sites excluding steroid dienone is 5. The average Bonchev–Trinajstić information content (AvgIpc) is 3.13. The molecular formula is C43H82NO7P. The summed E-state index contributed by atoms with van der Waals surface area (Å²) in [7, 11) is -4.29. The van der Waals surface area contributed by atoms with Crippen molar-refractivity contribution >= 4 is 13.8 Å². The Morgan fingerprint density at radius 2 is 1.04 bits per heavy atom. The van der Waals surface area contributed by atoms with Crippen LogP contribution in [0.2, 0.25) is 0 Å². The summed E-state index contributed by atoms with van der Waals surface area (Å²) in [5, 5.41) is 0. The molecule has 9 heteroatoms.